The monoisotopic (exact) mass is 155 g/mol. The zero-order chi connectivity index (χ0) is 8.27. The van der Waals surface area contributed by atoms with Crippen molar-refractivity contribution in [1.82, 2.24) is 15.1 Å². The molecule has 64 valence electrons. The van der Waals surface area contributed by atoms with E-state index in [9.17, 15) is 0 Å². The zero-order valence-electron chi connectivity index (χ0n) is 7.43. The van der Waals surface area contributed by atoms with Crippen LogP contribution in [0, 0.1) is 0 Å². The van der Waals surface area contributed by atoms with Gasteiger partial charge >= 0.3 is 0 Å². The minimum absolute atomic E-state index is 0.965. The van der Waals surface area contributed by atoms with Crippen molar-refractivity contribution >= 4 is 0 Å². The van der Waals surface area contributed by atoms with E-state index in [1.54, 1.807) is 0 Å². The summed E-state index contributed by atoms with van der Waals surface area (Å²) in [6, 6.07) is 0. The Morgan fingerprint density at radius 3 is 2.82 bits per heavy atom. The number of hydrogen-bond donors (Lipinski definition) is 1. The average Bonchev–Trinajstić information content (AvgIpc) is 1.98. The van der Waals surface area contributed by atoms with Gasteiger partial charge in [-0.3, -0.25) is 4.90 Å². The Balaban J connectivity index is 2.34. The van der Waals surface area contributed by atoms with Crippen LogP contribution in [0.1, 0.15) is 0 Å². The third-order valence-corrected chi connectivity index (χ3v) is 2.08. The minimum atomic E-state index is 0.965. The summed E-state index contributed by atoms with van der Waals surface area (Å²) >= 11 is 0. The lowest BCUT2D eigenvalue weighted by atomic mass is 10.3. The fraction of sp³-hybridized carbons (Fsp3) is 0.750. The normalized spacial score (nSPS) is 20.9. The summed E-state index contributed by atoms with van der Waals surface area (Å²) in [5, 5.41) is 3.14. The molecule has 3 nitrogen and oxygen atoms in total. The highest BCUT2D eigenvalue weighted by Gasteiger charge is 2.14. The van der Waals surface area contributed by atoms with Crippen LogP contribution in [0.4, 0.5) is 0 Å². The lowest BCUT2D eigenvalue weighted by Gasteiger charge is -2.35. The van der Waals surface area contributed by atoms with Gasteiger partial charge in [0.15, 0.2) is 0 Å². The van der Waals surface area contributed by atoms with Crippen molar-refractivity contribution in [1.29, 1.82) is 0 Å². The lowest BCUT2D eigenvalue weighted by Crippen LogP contribution is -2.45. The van der Waals surface area contributed by atoms with E-state index < -0.39 is 0 Å². The largest absolute Gasteiger partial charge is 0.376 e. The van der Waals surface area contributed by atoms with Gasteiger partial charge in [-0.2, -0.15) is 0 Å². The molecule has 1 fully saturated rings. The van der Waals surface area contributed by atoms with Crippen LogP contribution in [-0.4, -0.2) is 50.2 Å². The zero-order valence-corrected chi connectivity index (χ0v) is 7.43. The Labute approximate surface area is 68.7 Å². The van der Waals surface area contributed by atoms with Gasteiger partial charge in [-0.05, 0) is 7.05 Å². The first-order chi connectivity index (χ1) is 5.24. The maximum absolute atomic E-state index is 3.98. The molecule has 11 heavy (non-hydrogen) atoms. The Bertz CT molecular complexity index is 144. The van der Waals surface area contributed by atoms with E-state index in [2.05, 4.69) is 28.7 Å². The van der Waals surface area contributed by atoms with E-state index >= 15 is 0 Å². The highest BCUT2D eigenvalue weighted by atomic mass is 15.3. The molecule has 1 rings (SSSR count). The smallest absolute Gasteiger partial charge is 0.0482 e. The SMILES string of the molecule is C=C1CN(CNC)CCN1C. The van der Waals surface area contributed by atoms with Crippen molar-refractivity contribution in [3.63, 3.8) is 0 Å². The van der Waals surface area contributed by atoms with Gasteiger partial charge in [-0.1, -0.05) is 6.58 Å². The Hall–Kier alpha value is -0.540. The Kier molecular flexibility index (Phi) is 2.91. The summed E-state index contributed by atoms with van der Waals surface area (Å²) in [6.07, 6.45) is 0. The quantitative estimate of drug-likeness (QED) is 0.602. The number of likely N-dealkylation sites (N-methyl/N-ethyl adjacent to an activating group) is 1. The van der Waals surface area contributed by atoms with Gasteiger partial charge in [0.1, 0.15) is 0 Å². The first kappa shape index (κ1) is 8.56. The molecular weight excluding hydrogens is 138 g/mol. The lowest BCUT2D eigenvalue weighted by molar-refractivity contribution is 0.189. The maximum Gasteiger partial charge on any atom is 0.0482 e. The van der Waals surface area contributed by atoms with Crippen LogP contribution in [0.25, 0.3) is 0 Å². The van der Waals surface area contributed by atoms with Gasteiger partial charge in [0, 0.05) is 39.0 Å². The van der Waals surface area contributed by atoms with E-state index in [1.165, 1.54) is 5.70 Å². The second-order valence-electron chi connectivity index (χ2n) is 3.05. The molecule has 0 radical (unpaired) electrons. The number of rotatable bonds is 2. The van der Waals surface area contributed by atoms with Crippen LogP contribution in [0.5, 0.6) is 0 Å². The van der Waals surface area contributed by atoms with E-state index in [-0.39, 0.29) is 0 Å². The molecule has 0 amide bonds. The number of piperazine rings is 1. The second kappa shape index (κ2) is 3.74. The molecule has 1 aliphatic rings. The summed E-state index contributed by atoms with van der Waals surface area (Å²) in [5.41, 5.74) is 1.21. The predicted octanol–water partition coefficient (Wildman–Crippen LogP) is -0.0756. The molecule has 0 spiro atoms. The molecule has 0 aromatic rings. The second-order valence-corrected chi connectivity index (χ2v) is 3.05. The van der Waals surface area contributed by atoms with E-state index in [0.29, 0.717) is 0 Å². The summed E-state index contributed by atoms with van der Waals surface area (Å²) in [7, 11) is 4.07. The Morgan fingerprint density at radius 1 is 1.55 bits per heavy atom. The molecule has 0 bridgehead atoms. The predicted molar refractivity (Wildman–Crippen MR) is 47.3 cm³/mol. The third kappa shape index (κ3) is 2.20. The van der Waals surface area contributed by atoms with Crippen molar-refractivity contribution in [2.45, 2.75) is 0 Å². The first-order valence-electron chi connectivity index (χ1n) is 4.00. The molecule has 1 aliphatic heterocycles. The Morgan fingerprint density at radius 2 is 2.27 bits per heavy atom. The number of hydrogen-bond acceptors (Lipinski definition) is 3. The molecule has 1 saturated heterocycles. The molecular formula is C8H17N3. The molecule has 0 aromatic heterocycles. The van der Waals surface area contributed by atoms with Crippen LogP contribution in [0.3, 0.4) is 0 Å². The molecule has 0 atom stereocenters. The van der Waals surface area contributed by atoms with Crippen molar-refractivity contribution in [3.8, 4) is 0 Å². The molecule has 1 heterocycles. The standard InChI is InChI=1S/C8H17N3/c1-8-6-11(7-9-2)5-4-10(8)3/h9H,1,4-7H2,2-3H3. The van der Waals surface area contributed by atoms with Crippen LogP contribution in [0.15, 0.2) is 12.3 Å². The summed E-state index contributed by atoms with van der Waals surface area (Å²) in [6.45, 7) is 8.18. The molecule has 1 N–H and O–H groups in total. The molecule has 0 aliphatic carbocycles. The van der Waals surface area contributed by atoms with Gasteiger partial charge in [-0.25, -0.2) is 0 Å². The van der Waals surface area contributed by atoms with Gasteiger partial charge in [-0.15, -0.1) is 0 Å². The fourth-order valence-electron chi connectivity index (χ4n) is 1.27. The van der Waals surface area contributed by atoms with Gasteiger partial charge in [0.25, 0.3) is 0 Å². The van der Waals surface area contributed by atoms with E-state index in [0.717, 1.165) is 26.3 Å². The van der Waals surface area contributed by atoms with Crippen molar-refractivity contribution in [2.75, 3.05) is 40.4 Å². The highest BCUT2D eigenvalue weighted by Crippen LogP contribution is 2.06. The van der Waals surface area contributed by atoms with E-state index in [1.807, 2.05) is 7.05 Å². The van der Waals surface area contributed by atoms with Crippen LogP contribution in [-0.2, 0) is 0 Å². The molecule has 3 heteroatoms. The minimum Gasteiger partial charge on any atom is -0.376 e. The molecule has 0 saturated carbocycles. The van der Waals surface area contributed by atoms with Crippen LogP contribution in [0.2, 0.25) is 0 Å². The van der Waals surface area contributed by atoms with Gasteiger partial charge in [0.2, 0.25) is 0 Å². The topological polar surface area (TPSA) is 18.5 Å². The van der Waals surface area contributed by atoms with E-state index in [4.69, 9.17) is 0 Å². The average molecular weight is 155 g/mol. The summed E-state index contributed by atoms with van der Waals surface area (Å²) in [5.74, 6) is 0. The van der Waals surface area contributed by atoms with Crippen LogP contribution < -0.4 is 5.32 Å². The van der Waals surface area contributed by atoms with Crippen molar-refractivity contribution < 1.29 is 0 Å². The number of nitrogens with one attached hydrogen (secondary N) is 1. The van der Waals surface area contributed by atoms with Gasteiger partial charge in [0.05, 0.1) is 0 Å². The van der Waals surface area contributed by atoms with Crippen molar-refractivity contribution in [2.24, 2.45) is 0 Å². The molecule has 0 aromatic carbocycles. The third-order valence-electron chi connectivity index (χ3n) is 2.08. The maximum atomic E-state index is 3.98. The van der Waals surface area contributed by atoms with Crippen molar-refractivity contribution in [3.05, 3.63) is 12.3 Å². The summed E-state index contributed by atoms with van der Waals surface area (Å²) in [4.78, 5) is 4.56. The number of nitrogens with zero attached hydrogens (tertiary/aromatic N) is 2. The highest BCUT2D eigenvalue weighted by molar-refractivity contribution is 4.98. The van der Waals surface area contributed by atoms with Gasteiger partial charge < -0.3 is 10.2 Å². The first-order valence-corrected chi connectivity index (χ1v) is 4.00. The summed E-state index contributed by atoms with van der Waals surface area (Å²) < 4.78 is 0. The molecule has 0 unspecified atom stereocenters. The fourth-order valence-corrected chi connectivity index (χ4v) is 1.27. The van der Waals surface area contributed by atoms with Crippen LogP contribution >= 0.6 is 0 Å².